The second-order valence-electron chi connectivity index (χ2n) is 4.91. The highest BCUT2D eigenvalue weighted by Gasteiger charge is 2.19. The Hall–Kier alpha value is -0.990. The third kappa shape index (κ3) is 2.52. The Morgan fingerprint density at radius 3 is 2.87 bits per heavy atom. The van der Waals surface area contributed by atoms with Gasteiger partial charge in [0.15, 0.2) is 0 Å². The van der Waals surface area contributed by atoms with Gasteiger partial charge in [-0.15, -0.1) is 0 Å². The first kappa shape index (κ1) is 10.5. The van der Waals surface area contributed by atoms with Gasteiger partial charge in [-0.1, -0.05) is 19.8 Å². The predicted octanol–water partition coefficient (Wildman–Crippen LogP) is 2.72. The van der Waals surface area contributed by atoms with Gasteiger partial charge in [0.05, 0.1) is 0 Å². The van der Waals surface area contributed by atoms with Crippen molar-refractivity contribution in [3.05, 3.63) is 11.8 Å². The van der Waals surface area contributed by atoms with Crippen molar-refractivity contribution in [1.29, 1.82) is 0 Å². The molecule has 2 atom stereocenters. The van der Waals surface area contributed by atoms with E-state index in [-0.39, 0.29) is 0 Å². The fourth-order valence-electron chi connectivity index (χ4n) is 2.41. The van der Waals surface area contributed by atoms with Crippen LogP contribution >= 0.6 is 0 Å². The van der Waals surface area contributed by atoms with E-state index in [1.54, 1.807) is 0 Å². The van der Waals surface area contributed by atoms with Gasteiger partial charge in [-0.25, -0.2) is 0 Å². The van der Waals surface area contributed by atoms with E-state index in [9.17, 15) is 0 Å². The molecule has 2 rings (SSSR count). The molecule has 84 valence electrons. The maximum absolute atomic E-state index is 4.43. The molecule has 0 bridgehead atoms. The first-order valence-electron chi connectivity index (χ1n) is 5.92. The van der Waals surface area contributed by atoms with Crippen molar-refractivity contribution in [3.8, 4) is 0 Å². The molecule has 3 heteroatoms. The Morgan fingerprint density at radius 2 is 2.27 bits per heavy atom. The fourth-order valence-corrected chi connectivity index (χ4v) is 2.41. The van der Waals surface area contributed by atoms with E-state index in [0.29, 0.717) is 6.04 Å². The van der Waals surface area contributed by atoms with Gasteiger partial charge in [0.2, 0.25) is 0 Å². The summed E-state index contributed by atoms with van der Waals surface area (Å²) in [6.07, 6.45) is 5.32. The highest BCUT2D eigenvalue weighted by molar-refractivity contribution is 5.36. The van der Waals surface area contributed by atoms with Crippen LogP contribution in [0, 0.1) is 12.8 Å². The van der Waals surface area contributed by atoms with Crippen molar-refractivity contribution in [2.75, 3.05) is 5.32 Å². The number of nitrogens with zero attached hydrogens (tertiary/aromatic N) is 2. The minimum atomic E-state index is 0.628. The summed E-state index contributed by atoms with van der Waals surface area (Å²) in [6.45, 7) is 4.43. The molecule has 0 aliphatic heterocycles. The van der Waals surface area contributed by atoms with Crippen LogP contribution < -0.4 is 5.32 Å². The van der Waals surface area contributed by atoms with Crippen molar-refractivity contribution < 1.29 is 0 Å². The molecule has 1 aromatic rings. The number of anilines is 1. The smallest absolute Gasteiger partial charge is 0.148 e. The maximum Gasteiger partial charge on any atom is 0.148 e. The molecule has 0 spiro atoms. The van der Waals surface area contributed by atoms with Gasteiger partial charge in [-0.05, 0) is 25.7 Å². The first-order chi connectivity index (χ1) is 7.15. The van der Waals surface area contributed by atoms with Gasteiger partial charge < -0.3 is 5.32 Å². The monoisotopic (exact) mass is 207 g/mol. The molecule has 1 heterocycles. The van der Waals surface area contributed by atoms with Gasteiger partial charge in [-0.2, -0.15) is 5.10 Å². The second-order valence-corrected chi connectivity index (χ2v) is 4.91. The molecule has 1 saturated carbocycles. The molecule has 3 nitrogen and oxygen atoms in total. The lowest BCUT2D eigenvalue weighted by Crippen LogP contribution is -2.26. The normalized spacial score (nSPS) is 26.6. The van der Waals surface area contributed by atoms with E-state index in [1.807, 2.05) is 11.7 Å². The summed E-state index contributed by atoms with van der Waals surface area (Å²) < 4.78 is 1.93. The predicted molar refractivity (Wildman–Crippen MR) is 63.0 cm³/mol. The van der Waals surface area contributed by atoms with Crippen LogP contribution in [-0.4, -0.2) is 15.8 Å². The lowest BCUT2D eigenvalue weighted by molar-refractivity contribution is 0.358. The molecule has 0 radical (unpaired) electrons. The minimum Gasteiger partial charge on any atom is -0.366 e. The minimum absolute atomic E-state index is 0.628. The molecule has 0 amide bonds. The van der Waals surface area contributed by atoms with Crippen LogP contribution in [-0.2, 0) is 7.05 Å². The Balaban J connectivity index is 1.96. The summed E-state index contributed by atoms with van der Waals surface area (Å²) in [4.78, 5) is 0. The summed E-state index contributed by atoms with van der Waals surface area (Å²) >= 11 is 0. The number of aryl methyl sites for hydroxylation is 2. The number of nitrogens with one attached hydrogen (secondary N) is 1. The average Bonchev–Trinajstić information content (AvgIpc) is 2.45. The zero-order chi connectivity index (χ0) is 10.8. The van der Waals surface area contributed by atoms with Crippen LogP contribution in [0.5, 0.6) is 0 Å². The Bertz CT molecular complexity index is 310. The van der Waals surface area contributed by atoms with E-state index in [2.05, 4.69) is 30.3 Å². The van der Waals surface area contributed by atoms with E-state index >= 15 is 0 Å². The van der Waals surface area contributed by atoms with Gasteiger partial charge in [0.25, 0.3) is 0 Å². The molecule has 15 heavy (non-hydrogen) atoms. The zero-order valence-electron chi connectivity index (χ0n) is 9.95. The van der Waals surface area contributed by atoms with Gasteiger partial charge in [0, 0.05) is 24.8 Å². The SMILES string of the molecule is Cc1cc(NC2CCCC(C)C2)nn1C. The van der Waals surface area contributed by atoms with Crippen LogP contribution in [0.2, 0.25) is 0 Å². The van der Waals surface area contributed by atoms with Crippen LogP contribution in [0.25, 0.3) is 0 Å². The molecule has 1 fully saturated rings. The van der Waals surface area contributed by atoms with Crippen molar-refractivity contribution in [1.82, 2.24) is 9.78 Å². The number of hydrogen-bond donors (Lipinski definition) is 1. The molecule has 1 aliphatic rings. The number of rotatable bonds is 2. The van der Waals surface area contributed by atoms with Gasteiger partial charge in [0.1, 0.15) is 5.82 Å². The van der Waals surface area contributed by atoms with E-state index < -0.39 is 0 Å². The number of aromatic nitrogens is 2. The lowest BCUT2D eigenvalue weighted by atomic mass is 9.87. The average molecular weight is 207 g/mol. The summed E-state index contributed by atoms with van der Waals surface area (Å²) in [5.74, 6) is 1.90. The molecule has 1 N–H and O–H groups in total. The van der Waals surface area contributed by atoms with Crippen molar-refractivity contribution in [2.45, 2.75) is 45.6 Å². The Kier molecular flexibility index (Phi) is 2.98. The standard InChI is InChI=1S/C12H21N3/c1-9-5-4-6-11(7-9)13-12-8-10(2)15(3)14-12/h8-9,11H,4-7H2,1-3H3,(H,13,14). The molecular formula is C12H21N3. The van der Waals surface area contributed by atoms with Crippen molar-refractivity contribution in [2.24, 2.45) is 13.0 Å². The van der Waals surface area contributed by atoms with Crippen molar-refractivity contribution in [3.63, 3.8) is 0 Å². The van der Waals surface area contributed by atoms with E-state index in [4.69, 9.17) is 0 Å². The summed E-state index contributed by atoms with van der Waals surface area (Å²) in [6, 6.07) is 2.75. The Morgan fingerprint density at radius 1 is 1.47 bits per heavy atom. The molecule has 1 aliphatic carbocycles. The third-order valence-corrected chi connectivity index (χ3v) is 3.40. The molecular weight excluding hydrogens is 186 g/mol. The second kappa shape index (κ2) is 4.25. The topological polar surface area (TPSA) is 29.9 Å². The highest BCUT2D eigenvalue weighted by Crippen LogP contribution is 2.25. The lowest BCUT2D eigenvalue weighted by Gasteiger charge is -2.27. The quantitative estimate of drug-likeness (QED) is 0.808. The third-order valence-electron chi connectivity index (χ3n) is 3.40. The van der Waals surface area contributed by atoms with Crippen LogP contribution in [0.1, 0.15) is 38.3 Å². The summed E-state index contributed by atoms with van der Waals surface area (Å²) in [7, 11) is 1.99. The van der Waals surface area contributed by atoms with E-state index in [1.165, 1.54) is 31.4 Å². The van der Waals surface area contributed by atoms with Crippen LogP contribution in [0.3, 0.4) is 0 Å². The molecule has 1 aromatic heterocycles. The van der Waals surface area contributed by atoms with Crippen LogP contribution in [0.15, 0.2) is 6.07 Å². The van der Waals surface area contributed by atoms with E-state index in [0.717, 1.165) is 11.7 Å². The largest absolute Gasteiger partial charge is 0.366 e. The maximum atomic E-state index is 4.43. The fraction of sp³-hybridized carbons (Fsp3) is 0.750. The zero-order valence-corrected chi connectivity index (χ0v) is 9.95. The van der Waals surface area contributed by atoms with Crippen molar-refractivity contribution >= 4 is 5.82 Å². The molecule has 2 unspecified atom stereocenters. The summed E-state index contributed by atoms with van der Waals surface area (Å²) in [5.41, 5.74) is 1.21. The van der Waals surface area contributed by atoms with Gasteiger partial charge >= 0.3 is 0 Å². The first-order valence-corrected chi connectivity index (χ1v) is 5.92. The van der Waals surface area contributed by atoms with Crippen LogP contribution in [0.4, 0.5) is 5.82 Å². The highest BCUT2D eigenvalue weighted by atomic mass is 15.3. The summed E-state index contributed by atoms with van der Waals surface area (Å²) in [5, 5.41) is 7.98. The molecule has 0 aromatic carbocycles. The molecule has 0 saturated heterocycles. The number of hydrogen-bond acceptors (Lipinski definition) is 2. The van der Waals surface area contributed by atoms with Gasteiger partial charge in [-0.3, -0.25) is 4.68 Å². The Labute approximate surface area is 91.9 Å².